The van der Waals surface area contributed by atoms with Gasteiger partial charge in [-0.1, -0.05) is 36.7 Å². The first-order valence-corrected chi connectivity index (χ1v) is 5.23. The second-order valence-electron chi connectivity index (χ2n) is 3.65. The molecule has 0 saturated heterocycles. The lowest BCUT2D eigenvalue weighted by molar-refractivity contribution is -0.130. The van der Waals surface area contributed by atoms with E-state index in [-0.39, 0.29) is 5.91 Å². The molecule has 3 heteroatoms. The van der Waals surface area contributed by atoms with Gasteiger partial charge in [-0.3, -0.25) is 4.79 Å². The number of carbonyl (C=O) groups excluding carboxylic acids is 1. The van der Waals surface area contributed by atoms with Crippen molar-refractivity contribution >= 4 is 21.8 Å². The fraction of sp³-hybridized carbons (Fsp3) is 0.889. The van der Waals surface area contributed by atoms with Crippen LogP contribution in [0.4, 0.5) is 0 Å². The Hall–Kier alpha value is -0.0500. The highest BCUT2D eigenvalue weighted by Crippen LogP contribution is 2.05. The Bertz CT molecular complexity index is 145. The van der Waals surface area contributed by atoms with Crippen LogP contribution in [0, 0.1) is 5.92 Å². The average molecular weight is 236 g/mol. The van der Waals surface area contributed by atoms with Crippen LogP contribution in [-0.2, 0) is 4.79 Å². The van der Waals surface area contributed by atoms with E-state index in [2.05, 4.69) is 29.8 Å². The van der Waals surface area contributed by atoms with Crippen LogP contribution in [0.5, 0.6) is 0 Å². The number of alkyl halides is 1. The van der Waals surface area contributed by atoms with Crippen LogP contribution in [0.25, 0.3) is 0 Å². The minimum atomic E-state index is 0.233. The molecule has 0 aliphatic heterocycles. The minimum Gasteiger partial charge on any atom is -0.345 e. The zero-order chi connectivity index (χ0) is 9.72. The topological polar surface area (TPSA) is 20.3 Å². The highest BCUT2D eigenvalue weighted by molar-refractivity contribution is 9.09. The molecule has 1 unspecified atom stereocenters. The summed E-state index contributed by atoms with van der Waals surface area (Å²) in [6.45, 7) is 6.94. The van der Waals surface area contributed by atoms with E-state index in [1.807, 2.05) is 14.0 Å². The predicted molar refractivity (Wildman–Crippen MR) is 55.5 cm³/mol. The van der Waals surface area contributed by atoms with Crippen LogP contribution in [-0.4, -0.2) is 29.2 Å². The Morgan fingerprint density at radius 1 is 1.42 bits per heavy atom. The van der Waals surface area contributed by atoms with E-state index >= 15 is 0 Å². The summed E-state index contributed by atoms with van der Waals surface area (Å²) >= 11 is 3.42. The third-order valence-corrected chi connectivity index (χ3v) is 1.82. The third-order valence-electron chi connectivity index (χ3n) is 1.53. The van der Waals surface area contributed by atoms with Gasteiger partial charge < -0.3 is 4.90 Å². The molecule has 2 nitrogen and oxygen atoms in total. The predicted octanol–water partition coefficient (Wildman–Crippen LogP) is 2.27. The maximum atomic E-state index is 11.4. The Balaban J connectivity index is 3.77. The highest BCUT2D eigenvalue weighted by Gasteiger charge is 2.11. The summed E-state index contributed by atoms with van der Waals surface area (Å²) in [6, 6.07) is 0. The first-order chi connectivity index (χ1) is 5.43. The highest BCUT2D eigenvalue weighted by atomic mass is 79.9. The van der Waals surface area contributed by atoms with E-state index < -0.39 is 0 Å². The number of rotatable bonds is 4. The first kappa shape index (κ1) is 11.9. The molecular weight excluding hydrogens is 218 g/mol. The molecule has 12 heavy (non-hydrogen) atoms. The van der Waals surface area contributed by atoms with Crippen LogP contribution >= 0.6 is 15.9 Å². The van der Waals surface area contributed by atoms with Crippen LogP contribution in [0.2, 0.25) is 0 Å². The van der Waals surface area contributed by atoms with Crippen LogP contribution in [0.1, 0.15) is 27.2 Å². The largest absolute Gasteiger partial charge is 0.345 e. The van der Waals surface area contributed by atoms with Crippen molar-refractivity contribution in [3.63, 3.8) is 0 Å². The van der Waals surface area contributed by atoms with Crippen molar-refractivity contribution < 1.29 is 4.79 Å². The fourth-order valence-corrected chi connectivity index (χ4v) is 1.42. The van der Waals surface area contributed by atoms with Crippen molar-refractivity contribution in [2.75, 3.05) is 13.6 Å². The lowest BCUT2D eigenvalue weighted by Crippen LogP contribution is -2.31. The Kier molecular flexibility index (Phi) is 5.55. The van der Waals surface area contributed by atoms with E-state index in [9.17, 15) is 4.79 Å². The van der Waals surface area contributed by atoms with Gasteiger partial charge in [0, 0.05) is 24.8 Å². The summed E-state index contributed by atoms with van der Waals surface area (Å²) in [6.07, 6.45) is 0.649. The molecule has 0 N–H and O–H groups in total. The molecule has 0 bridgehead atoms. The average Bonchev–Trinajstić information content (AvgIpc) is 1.84. The second kappa shape index (κ2) is 5.57. The summed E-state index contributed by atoms with van der Waals surface area (Å²) in [5.74, 6) is 0.682. The number of hydrogen-bond donors (Lipinski definition) is 0. The van der Waals surface area contributed by atoms with Crippen molar-refractivity contribution in [3.05, 3.63) is 0 Å². The summed E-state index contributed by atoms with van der Waals surface area (Å²) in [7, 11) is 1.85. The lowest BCUT2D eigenvalue weighted by atomic mass is 10.1. The normalized spacial score (nSPS) is 13.2. The number of amides is 1. The molecule has 0 radical (unpaired) electrons. The van der Waals surface area contributed by atoms with E-state index in [0.717, 1.165) is 6.54 Å². The van der Waals surface area contributed by atoms with Crippen LogP contribution in [0.15, 0.2) is 0 Å². The molecule has 0 spiro atoms. The Labute approximate surface area is 83.4 Å². The van der Waals surface area contributed by atoms with Gasteiger partial charge in [0.15, 0.2) is 0 Å². The maximum absolute atomic E-state index is 11.4. The number of halogens is 1. The van der Waals surface area contributed by atoms with E-state index in [0.29, 0.717) is 17.2 Å². The molecule has 0 rings (SSSR count). The summed E-state index contributed by atoms with van der Waals surface area (Å²) in [5, 5.41) is 0. The smallest absolute Gasteiger partial charge is 0.222 e. The van der Waals surface area contributed by atoms with Gasteiger partial charge in [0.25, 0.3) is 0 Å². The molecule has 0 aromatic heterocycles. The van der Waals surface area contributed by atoms with Gasteiger partial charge in [0.05, 0.1) is 0 Å². The molecular formula is C9H18BrNO. The molecule has 1 amide bonds. The SMILES string of the molecule is CC(C)CC(=O)N(C)CC(C)Br. The minimum absolute atomic E-state index is 0.233. The zero-order valence-corrected chi connectivity index (χ0v) is 9.89. The van der Waals surface area contributed by atoms with Crippen LogP contribution in [0.3, 0.4) is 0 Å². The van der Waals surface area contributed by atoms with Crippen molar-refractivity contribution in [1.82, 2.24) is 4.90 Å². The van der Waals surface area contributed by atoms with Crippen LogP contribution < -0.4 is 0 Å². The third kappa shape index (κ3) is 5.58. The number of carbonyl (C=O) groups is 1. The monoisotopic (exact) mass is 235 g/mol. The Morgan fingerprint density at radius 2 is 1.92 bits per heavy atom. The molecule has 0 fully saturated rings. The first-order valence-electron chi connectivity index (χ1n) is 4.31. The van der Waals surface area contributed by atoms with Crippen molar-refractivity contribution in [1.29, 1.82) is 0 Å². The van der Waals surface area contributed by atoms with E-state index in [1.54, 1.807) is 4.90 Å². The molecule has 0 saturated carbocycles. The van der Waals surface area contributed by atoms with Crippen molar-refractivity contribution in [2.24, 2.45) is 5.92 Å². The second-order valence-corrected chi connectivity index (χ2v) is 5.22. The van der Waals surface area contributed by atoms with Gasteiger partial charge in [-0.2, -0.15) is 0 Å². The lowest BCUT2D eigenvalue weighted by Gasteiger charge is -2.19. The van der Waals surface area contributed by atoms with Gasteiger partial charge in [0.1, 0.15) is 0 Å². The fourth-order valence-electron chi connectivity index (χ4n) is 0.984. The van der Waals surface area contributed by atoms with Crippen molar-refractivity contribution in [2.45, 2.75) is 32.0 Å². The van der Waals surface area contributed by atoms with Gasteiger partial charge in [-0.05, 0) is 5.92 Å². The molecule has 0 aliphatic rings. The molecule has 1 atom stereocenters. The molecule has 0 heterocycles. The molecule has 0 aliphatic carbocycles. The Morgan fingerprint density at radius 3 is 2.25 bits per heavy atom. The number of nitrogens with zero attached hydrogens (tertiary/aromatic N) is 1. The van der Waals surface area contributed by atoms with E-state index in [4.69, 9.17) is 0 Å². The standard InChI is InChI=1S/C9H18BrNO/c1-7(2)5-9(12)11(4)6-8(3)10/h7-8H,5-6H2,1-4H3. The maximum Gasteiger partial charge on any atom is 0.222 e. The van der Waals surface area contributed by atoms with Gasteiger partial charge >= 0.3 is 0 Å². The van der Waals surface area contributed by atoms with E-state index in [1.165, 1.54) is 0 Å². The number of hydrogen-bond acceptors (Lipinski definition) is 1. The summed E-state index contributed by atoms with van der Waals surface area (Å²) in [4.78, 5) is 13.5. The zero-order valence-electron chi connectivity index (χ0n) is 8.30. The summed E-state index contributed by atoms with van der Waals surface area (Å²) < 4.78 is 0. The molecule has 0 aromatic carbocycles. The van der Waals surface area contributed by atoms with Gasteiger partial charge in [0.2, 0.25) is 5.91 Å². The van der Waals surface area contributed by atoms with Gasteiger partial charge in [-0.25, -0.2) is 0 Å². The summed E-state index contributed by atoms with van der Waals surface area (Å²) in [5.41, 5.74) is 0. The quantitative estimate of drug-likeness (QED) is 0.686. The van der Waals surface area contributed by atoms with Gasteiger partial charge in [-0.15, -0.1) is 0 Å². The van der Waals surface area contributed by atoms with Crippen molar-refractivity contribution in [3.8, 4) is 0 Å². The molecule has 72 valence electrons. The molecule has 0 aromatic rings.